The molecular weight excluding hydrogens is 376 g/mol. The van der Waals surface area contributed by atoms with E-state index in [1.807, 2.05) is 74.5 Å². The van der Waals surface area contributed by atoms with Crippen molar-refractivity contribution in [2.24, 2.45) is 10.9 Å². The molecule has 30 heavy (non-hydrogen) atoms. The van der Waals surface area contributed by atoms with Gasteiger partial charge in [-0.2, -0.15) is 0 Å². The Balaban J connectivity index is 1.51. The Morgan fingerprint density at radius 3 is 2.80 bits per heavy atom. The highest BCUT2D eigenvalue weighted by Crippen LogP contribution is 2.28. The molecule has 0 radical (unpaired) electrons. The third-order valence-corrected chi connectivity index (χ3v) is 5.27. The molecule has 1 aliphatic rings. The summed E-state index contributed by atoms with van der Waals surface area (Å²) in [6.45, 7) is 4.72. The van der Waals surface area contributed by atoms with Crippen LogP contribution >= 0.6 is 0 Å². The van der Waals surface area contributed by atoms with Crippen molar-refractivity contribution >= 4 is 28.7 Å². The molecular formula is C25H24N2O3. The molecule has 0 saturated heterocycles. The fraction of sp³-hybridized carbons (Fsp3) is 0.240. The number of fused-ring (bicyclic) bond motifs is 2. The molecule has 5 nitrogen and oxygen atoms in total. The van der Waals surface area contributed by atoms with Crippen LogP contribution in [-0.4, -0.2) is 25.0 Å². The van der Waals surface area contributed by atoms with E-state index in [0.29, 0.717) is 30.9 Å². The lowest BCUT2D eigenvalue weighted by molar-refractivity contribution is -0.120. The van der Waals surface area contributed by atoms with Gasteiger partial charge in [0.15, 0.2) is 0 Å². The number of hydrogen-bond donors (Lipinski definition) is 1. The summed E-state index contributed by atoms with van der Waals surface area (Å²) in [4.78, 5) is 29.6. The van der Waals surface area contributed by atoms with E-state index in [1.54, 1.807) is 0 Å². The molecule has 1 N–H and O–H groups in total. The molecule has 5 heteroatoms. The summed E-state index contributed by atoms with van der Waals surface area (Å²) in [5.74, 6) is -0.137. The number of rotatable bonds is 6. The molecule has 1 atom stereocenters. The SMILES string of the molecule is CCOc1ccc2ccccc2c1C(=O)NCCC1C=c2ccc(C)cc2=NC1=O. The van der Waals surface area contributed by atoms with E-state index in [9.17, 15) is 9.59 Å². The number of amides is 2. The summed E-state index contributed by atoms with van der Waals surface area (Å²) in [5, 5.41) is 6.47. The number of nitrogens with one attached hydrogen (secondary N) is 1. The van der Waals surface area contributed by atoms with Crippen LogP contribution in [0.25, 0.3) is 16.8 Å². The number of carbonyl (C=O) groups is 2. The Labute approximate surface area is 175 Å². The average molecular weight is 400 g/mol. The minimum Gasteiger partial charge on any atom is -0.493 e. The van der Waals surface area contributed by atoms with Crippen molar-refractivity contribution in [2.75, 3.05) is 13.2 Å². The Bertz CT molecular complexity index is 1250. The number of carbonyl (C=O) groups excluding carboxylic acids is 2. The number of hydrogen-bond acceptors (Lipinski definition) is 3. The third-order valence-electron chi connectivity index (χ3n) is 5.27. The summed E-state index contributed by atoms with van der Waals surface area (Å²) in [5.41, 5.74) is 1.60. The van der Waals surface area contributed by atoms with Crippen molar-refractivity contribution in [3.05, 3.63) is 76.3 Å². The van der Waals surface area contributed by atoms with Gasteiger partial charge < -0.3 is 10.1 Å². The molecule has 3 aromatic carbocycles. The van der Waals surface area contributed by atoms with Gasteiger partial charge in [-0.1, -0.05) is 48.5 Å². The maximum absolute atomic E-state index is 13.0. The summed E-state index contributed by atoms with van der Waals surface area (Å²) in [6, 6.07) is 17.4. The highest BCUT2D eigenvalue weighted by Gasteiger charge is 2.20. The van der Waals surface area contributed by atoms with Gasteiger partial charge in [-0.3, -0.25) is 9.59 Å². The second-order valence-corrected chi connectivity index (χ2v) is 7.42. The van der Waals surface area contributed by atoms with Gasteiger partial charge in [-0.25, -0.2) is 4.99 Å². The van der Waals surface area contributed by atoms with Crippen LogP contribution in [0.1, 0.15) is 29.3 Å². The molecule has 1 aliphatic heterocycles. The minimum absolute atomic E-state index is 0.164. The fourth-order valence-corrected chi connectivity index (χ4v) is 3.78. The van der Waals surface area contributed by atoms with Gasteiger partial charge in [-0.15, -0.1) is 0 Å². The smallest absolute Gasteiger partial charge is 0.255 e. The summed E-state index contributed by atoms with van der Waals surface area (Å²) >= 11 is 0. The second-order valence-electron chi connectivity index (χ2n) is 7.42. The van der Waals surface area contributed by atoms with Gasteiger partial charge in [0.05, 0.1) is 23.4 Å². The lowest BCUT2D eigenvalue weighted by atomic mass is 9.99. The first-order valence-corrected chi connectivity index (χ1v) is 10.2. The van der Waals surface area contributed by atoms with Crippen LogP contribution in [0.3, 0.4) is 0 Å². The number of aryl methyl sites for hydroxylation is 1. The lowest BCUT2D eigenvalue weighted by Gasteiger charge is -2.15. The zero-order chi connectivity index (χ0) is 21.1. The third kappa shape index (κ3) is 3.96. The molecule has 0 aromatic heterocycles. The Kier molecular flexibility index (Phi) is 5.61. The van der Waals surface area contributed by atoms with Crippen LogP contribution in [0, 0.1) is 12.8 Å². The molecule has 0 fully saturated rings. The number of benzene rings is 3. The average Bonchev–Trinajstić information content (AvgIpc) is 2.74. The van der Waals surface area contributed by atoms with Gasteiger partial charge in [0, 0.05) is 6.54 Å². The normalized spacial score (nSPS) is 15.1. The summed E-state index contributed by atoms with van der Waals surface area (Å²) in [7, 11) is 0. The van der Waals surface area contributed by atoms with Crippen LogP contribution in [0.15, 0.2) is 59.6 Å². The van der Waals surface area contributed by atoms with Crippen molar-refractivity contribution in [3.8, 4) is 5.75 Å². The minimum atomic E-state index is -0.334. The lowest BCUT2D eigenvalue weighted by Crippen LogP contribution is -2.35. The Morgan fingerprint density at radius 1 is 1.13 bits per heavy atom. The van der Waals surface area contributed by atoms with E-state index in [0.717, 1.165) is 26.9 Å². The Morgan fingerprint density at radius 2 is 1.97 bits per heavy atom. The fourth-order valence-electron chi connectivity index (χ4n) is 3.78. The zero-order valence-corrected chi connectivity index (χ0v) is 17.1. The van der Waals surface area contributed by atoms with Gasteiger partial charge in [0.25, 0.3) is 11.8 Å². The van der Waals surface area contributed by atoms with Gasteiger partial charge in [0.1, 0.15) is 5.75 Å². The first kappa shape index (κ1) is 19.8. The maximum Gasteiger partial charge on any atom is 0.255 e. The van der Waals surface area contributed by atoms with E-state index in [1.165, 1.54) is 0 Å². The maximum atomic E-state index is 13.0. The van der Waals surface area contributed by atoms with Crippen molar-refractivity contribution in [2.45, 2.75) is 20.3 Å². The number of nitrogens with zero attached hydrogens (tertiary/aromatic N) is 1. The molecule has 4 rings (SSSR count). The first-order chi connectivity index (χ1) is 14.6. The van der Waals surface area contributed by atoms with E-state index in [-0.39, 0.29) is 17.7 Å². The van der Waals surface area contributed by atoms with Crippen LogP contribution in [0.4, 0.5) is 0 Å². The molecule has 0 saturated carbocycles. The van der Waals surface area contributed by atoms with Gasteiger partial charge in [0.2, 0.25) is 0 Å². The predicted octanol–water partition coefficient (Wildman–Crippen LogP) is 2.92. The first-order valence-electron chi connectivity index (χ1n) is 10.2. The topological polar surface area (TPSA) is 67.8 Å². The van der Waals surface area contributed by atoms with Crippen LogP contribution in [0.5, 0.6) is 5.75 Å². The number of ether oxygens (including phenoxy) is 1. The van der Waals surface area contributed by atoms with Crippen molar-refractivity contribution < 1.29 is 14.3 Å². The van der Waals surface area contributed by atoms with Gasteiger partial charge in [-0.05, 0) is 54.0 Å². The largest absolute Gasteiger partial charge is 0.493 e. The molecule has 152 valence electrons. The standard InChI is InChI=1S/C25H24N2O3/c1-3-30-22-11-10-17-6-4-5-7-20(17)23(22)25(29)26-13-12-19-15-18-9-8-16(2)14-21(18)27-24(19)28/h4-11,14-15,19H,3,12-13H2,1-2H3,(H,26,29). The molecule has 1 unspecified atom stereocenters. The quantitative estimate of drug-likeness (QED) is 0.692. The van der Waals surface area contributed by atoms with E-state index in [2.05, 4.69) is 10.3 Å². The predicted molar refractivity (Wildman–Crippen MR) is 117 cm³/mol. The van der Waals surface area contributed by atoms with Crippen molar-refractivity contribution in [1.82, 2.24) is 5.32 Å². The van der Waals surface area contributed by atoms with Crippen LogP contribution in [0.2, 0.25) is 0 Å². The molecule has 3 aromatic rings. The van der Waals surface area contributed by atoms with E-state index in [4.69, 9.17) is 4.74 Å². The van der Waals surface area contributed by atoms with Crippen LogP contribution in [-0.2, 0) is 4.79 Å². The Hall–Kier alpha value is -3.47. The second kappa shape index (κ2) is 8.49. The molecule has 0 bridgehead atoms. The molecule has 0 spiro atoms. The van der Waals surface area contributed by atoms with E-state index < -0.39 is 0 Å². The van der Waals surface area contributed by atoms with Crippen molar-refractivity contribution in [3.63, 3.8) is 0 Å². The zero-order valence-electron chi connectivity index (χ0n) is 17.1. The highest BCUT2D eigenvalue weighted by atomic mass is 16.5. The molecule has 0 aliphatic carbocycles. The molecule has 1 heterocycles. The van der Waals surface area contributed by atoms with E-state index >= 15 is 0 Å². The highest BCUT2D eigenvalue weighted by molar-refractivity contribution is 6.09. The molecule has 2 amide bonds. The van der Waals surface area contributed by atoms with Crippen molar-refractivity contribution in [1.29, 1.82) is 0 Å². The summed E-state index contributed by atoms with van der Waals surface area (Å²) < 4.78 is 5.69. The van der Waals surface area contributed by atoms with Gasteiger partial charge >= 0.3 is 0 Å². The monoisotopic (exact) mass is 400 g/mol. The van der Waals surface area contributed by atoms with Crippen LogP contribution < -0.4 is 20.6 Å². The summed E-state index contributed by atoms with van der Waals surface area (Å²) in [6.07, 6.45) is 2.44.